The molecule has 1 aromatic rings. The molecular weight excluding hydrogens is 210 g/mol. The van der Waals surface area contributed by atoms with E-state index < -0.39 is 5.54 Å². The maximum atomic E-state index is 11.7. The Morgan fingerprint density at radius 3 is 2.59 bits per heavy atom. The number of benzene rings is 1. The van der Waals surface area contributed by atoms with E-state index in [0.717, 1.165) is 12.8 Å². The summed E-state index contributed by atoms with van der Waals surface area (Å²) in [5.74, 6) is 2.64. The molecule has 2 heteroatoms. The first-order chi connectivity index (χ1) is 8.09. The van der Waals surface area contributed by atoms with Crippen LogP contribution >= 0.6 is 0 Å². The molecule has 0 aliphatic heterocycles. The molecule has 0 fully saturated rings. The maximum Gasteiger partial charge on any atom is 0.221 e. The Bertz CT molecular complexity index is 405. The number of rotatable bonds is 5. The zero-order valence-corrected chi connectivity index (χ0v) is 10.5. The van der Waals surface area contributed by atoms with Gasteiger partial charge < -0.3 is 5.32 Å². The summed E-state index contributed by atoms with van der Waals surface area (Å²) in [6, 6.07) is 9.96. The summed E-state index contributed by atoms with van der Waals surface area (Å²) < 4.78 is 0. The summed E-state index contributed by atoms with van der Waals surface area (Å²) in [6.07, 6.45) is 7.37. The second-order valence-electron chi connectivity index (χ2n) is 4.36. The van der Waals surface area contributed by atoms with Gasteiger partial charge in [-0.05, 0) is 25.3 Å². The van der Waals surface area contributed by atoms with E-state index in [0.29, 0.717) is 6.42 Å². The Morgan fingerprint density at radius 2 is 2.06 bits per heavy atom. The molecule has 0 saturated carbocycles. The largest absolute Gasteiger partial charge is 0.340 e. The number of aryl methyl sites for hydroxylation is 1. The van der Waals surface area contributed by atoms with E-state index in [1.165, 1.54) is 5.56 Å². The SMILES string of the molecule is C#C[C@@](C)(CC)NC(=O)CCc1ccccc1. The Hall–Kier alpha value is -1.75. The third-order valence-electron chi connectivity index (χ3n) is 2.92. The fraction of sp³-hybridized carbons (Fsp3) is 0.400. The van der Waals surface area contributed by atoms with E-state index in [1.807, 2.05) is 44.2 Å². The molecular formula is C15H19NO. The first-order valence-corrected chi connectivity index (χ1v) is 5.92. The van der Waals surface area contributed by atoms with Crippen molar-refractivity contribution in [1.82, 2.24) is 5.32 Å². The Kier molecular flexibility index (Phi) is 4.78. The summed E-state index contributed by atoms with van der Waals surface area (Å²) in [7, 11) is 0. The average molecular weight is 229 g/mol. The number of carbonyl (C=O) groups excluding carboxylic acids is 1. The van der Waals surface area contributed by atoms with E-state index in [-0.39, 0.29) is 5.91 Å². The van der Waals surface area contributed by atoms with Gasteiger partial charge in [-0.15, -0.1) is 6.42 Å². The number of carbonyl (C=O) groups is 1. The molecule has 0 saturated heterocycles. The highest BCUT2D eigenvalue weighted by molar-refractivity contribution is 5.77. The molecule has 17 heavy (non-hydrogen) atoms. The van der Waals surface area contributed by atoms with Crippen LogP contribution in [-0.2, 0) is 11.2 Å². The molecule has 2 nitrogen and oxygen atoms in total. The fourth-order valence-corrected chi connectivity index (χ4v) is 1.50. The van der Waals surface area contributed by atoms with Crippen molar-refractivity contribution in [3.63, 3.8) is 0 Å². The van der Waals surface area contributed by atoms with E-state index in [1.54, 1.807) is 0 Å². The molecule has 90 valence electrons. The van der Waals surface area contributed by atoms with Crippen molar-refractivity contribution >= 4 is 5.91 Å². The summed E-state index contributed by atoms with van der Waals surface area (Å²) in [4.78, 5) is 11.7. The second kappa shape index (κ2) is 6.10. The zero-order chi connectivity index (χ0) is 12.7. The number of amides is 1. The lowest BCUT2D eigenvalue weighted by molar-refractivity contribution is -0.122. The first kappa shape index (κ1) is 13.3. The third kappa shape index (κ3) is 4.32. The van der Waals surface area contributed by atoms with Crippen molar-refractivity contribution in [1.29, 1.82) is 0 Å². The molecule has 0 aliphatic carbocycles. The lowest BCUT2D eigenvalue weighted by Crippen LogP contribution is -2.44. The summed E-state index contributed by atoms with van der Waals surface area (Å²) in [6.45, 7) is 3.84. The molecule has 0 heterocycles. The van der Waals surface area contributed by atoms with Gasteiger partial charge in [-0.2, -0.15) is 0 Å². The highest BCUT2D eigenvalue weighted by Crippen LogP contribution is 2.08. The van der Waals surface area contributed by atoms with E-state index in [2.05, 4.69) is 11.2 Å². The van der Waals surface area contributed by atoms with Crippen LogP contribution in [0.1, 0.15) is 32.3 Å². The minimum atomic E-state index is -0.520. The molecule has 0 aliphatic rings. The molecule has 0 bridgehead atoms. The quantitative estimate of drug-likeness (QED) is 0.772. The van der Waals surface area contributed by atoms with Gasteiger partial charge in [-0.1, -0.05) is 43.2 Å². The average Bonchev–Trinajstić information content (AvgIpc) is 2.37. The first-order valence-electron chi connectivity index (χ1n) is 5.92. The molecule has 1 rings (SSSR count). The zero-order valence-electron chi connectivity index (χ0n) is 10.5. The topological polar surface area (TPSA) is 29.1 Å². The third-order valence-corrected chi connectivity index (χ3v) is 2.92. The van der Waals surface area contributed by atoms with Gasteiger partial charge in [0.2, 0.25) is 5.91 Å². The highest BCUT2D eigenvalue weighted by Gasteiger charge is 2.20. The minimum Gasteiger partial charge on any atom is -0.340 e. The summed E-state index contributed by atoms with van der Waals surface area (Å²) in [5.41, 5.74) is 0.648. The standard InChI is InChI=1S/C15H19NO/c1-4-15(3,5-2)16-14(17)12-11-13-9-7-6-8-10-13/h1,6-10H,5,11-12H2,2-3H3,(H,16,17)/t15-/m0/s1. The van der Waals surface area contributed by atoms with Gasteiger partial charge in [0.25, 0.3) is 0 Å². The van der Waals surface area contributed by atoms with Crippen LogP contribution in [0.15, 0.2) is 30.3 Å². The van der Waals surface area contributed by atoms with Crippen LogP contribution in [0.3, 0.4) is 0 Å². The lowest BCUT2D eigenvalue weighted by Gasteiger charge is -2.23. The molecule has 0 aromatic heterocycles. The summed E-state index contributed by atoms with van der Waals surface area (Å²) in [5, 5.41) is 2.89. The Balaban J connectivity index is 2.44. The maximum absolute atomic E-state index is 11.7. The highest BCUT2D eigenvalue weighted by atomic mass is 16.1. The second-order valence-corrected chi connectivity index (χ2v) is 4.36. The van der Waals surface area contributed by atoms with Gasteiger partial charge in [-0.25, -0.2) is 0 Å². The van der Waals surface area contributed by atoms with Gasteiger partial charge in [0, 0.05) is 6.42 Å². The van der Waals surface area contributed by atoms with Gasteiger partial charge in [-0.3, -0.25) is 4.79 Å². The Labute approximate surface area is 103 Å². The van der Waals surface area contributed by atoms with Crippen LogP contribution in [-0.4, -0.2) is 11.4 Å². The molecule has 1 amide bonds. The fourth-order valence-electron chi connectivity index (χ4n) is 1.50. The van der Waals surface area contributed by atoms with Crippen molar-refractivity contribution < 1.29 is 4.79 Å². The van der Waals surface area contributed by atoms with E-state index in [4.69, 9.17) is 6.42 Å². The van der Waals surface area contributed by atoms with Crippen LogP contribution in [0.2, 0.25) is 0 Å². The number of hydrogen-bond donors (Lipinski definition) is 1. The van der Waals surface area contributed by atoms with Gasteiger partial charge in [0.15, 0.2) is 0 Å². The smallest absolute Gasteiger partial charge is 0.221 e. The summed E-state index contributed by atoms with van der Waals surface area (Å²) >= 11 is 0. The normalized spacial score (nSPS) is 13.5. The van der Waals surface area contributed by atoms with Crippen molar-refractivity contribution in [3.8, 4) is 12.3 Å². The minimum absolute atomic E-state index is 0.0103. The van der Waals surface area contributed by atoms with Gasteiger partial charge in [0.05, 0.1) is 5.54 Å². The van der Waals surface area contributed by atoms with E-state index >= 15 is 0 Å². The predicted octanol–water partition coefficient (Wildman–Crippen LogP) is 2.54. The Morgan fingerprint density at radius 1 is 1.41 bits per heavy atom. The van der Waals surface area contributed by atoms with Crippen LogP contribution in [0.5, 0.6) is 0 Å². The molecule has 1 aromatic carbocycles. The van der Waals surface area contributed by atoms with Gasteiger partial charge >= 0.3 is 0 Å². The van der Waals surface area contributed by atoms with Crippen molar-refractivity contribution in [2.75, 3.05) is 0 Å². The number of nitrogens with one attached hydrogen (secondary N) is 1. The lowest BCUT2D eigenvalue weighted by atomic mass is 9.99. The molecule has 0 radical (unpaired) electrons. The monoisotopic (exact) mass is 229 g/mol. The molecule has 1 N–H and O–H groups in total. The van der Waals surface area contributed by atoms with Crippen LogP contribution in [0.25, 0.3) is 0 Å². The number of hydrogen-bond acceptors (Lipinski definition) is 1. The number of terminal acetylenes is 1. The van der Waals surface area contributed by atoms with Crippen molar-refractivity contribution in [3.05, 3.63) is 35.9 Å². The van der Waals surface area contributed by atoms with Crippen molar-refractivity contribution in [2.24, 2.45) is 0 Å². The predicted molar refractivity (Wildman–Crippen MR) is 70.4 cm³/mol. The van der Waals surface area contributed by atoms with Crippen LogP contribution in [0.4, 0.5) is 0 Å². The molecule has 0 unspecified atom stereocenters. The van der Waals surface area contributed by atoms with Gasteiger partial charge in [0.1, 0.15) is 0 Å². The van der Waals surface area contributed by atoms with Crippen molar-refractivity contribution in [2.45, 2.75) is 38.6 Å². The van der Waals surface area contributed by atoms with Crippen LogP contribution < -0.4 is 5.32 Å². The van der Waals surface area contributed by atoms with E-state index in [9.17, 15) is 4.79 Å². The molecule has 1 atom stereocenters. The molecule has 0 spiro atoms. The van der Waals surface area contributed by atoms with Crippen LogP contribution in [0, 0.1) is 12.3 Å².